The van der Waals surface area contributed by atoms with Gasteiger partial charge in [0.1, 0.15) is 0 Å². The van der Waals surface area contributed by atoms with Gasteiger partial charge in [-0.05, 0) is 40.0 Å². The Morgan fingerprint density at radius 3 is 1.87 bits per heavy atom. The van der Waals surface area contributed by atoms with E-state index in [0.29, 0.717) is 0 Å². The Bertz CT molecular complexity index is 224. The molecule has 15 heavy (non-hydrogen) atoms. The average molecular weight is 208 g/mol. The predicted molar refractivity (Wildman–Crippen MR) is 73.1 cm³/mol. The van der Waals surface area contributed by atoms with Crippen LogP contribution >= 0.6 is 0 Å². The highest BCUT2D eigenvalue weighted by Crippen LogP contribution is 2.20. The minimum Gasteiger partial charge on any atom is -0.100 e. The lowest BCUT2D eigenvalue weighted by molar-refractivity contribution is 0.722. The first-order chi connectivity index (χ1) is 6.93. The highest BCUT2D eigenvalue weighted by molar-refractivity contribution is 5.30. The highest BCUT2D eigenvalue weighted by atomic mass is 14.1. The summed E-state index contributed by atoms with van der Waals surface area (Å²) in [5.74, 6) is 0.758. The van der Waals surface area contributed by atoms with Crippen molar-refractivity contribution in [3.8, 4) is 0 Å². The molecule has 0 saturated carbocycles. The van der Waals surface area contributed by atoms with Crippen LogP contribution in [0.1, 0.15) is 54.9 Å². The molecule has 1 aliphatic carbocycles. The fraction of sp³-hybridized carbons (Fsp3) is 0.600. The number of rotatable bonds is 0. The van der Waals surface area contributed by atoms with Gasteiger partial charge in [0.05, 0.1) is 0 Å². The van der Waals surface area contributed by atoms with Crippen LogP contribution in [0.15, 0.2) is 35.5 Å². The molecule has 0 saturated heterocycles. The third kappa shape index (κ3) is 11.1. The molecule has 0 nitrogen and oxygen atoms in total. The van der Waals surface area contributed by atoms with Gasteiger partial charge in [0.2, 0.25) is 0 Å². The maximum Gasteiger partial charge on any atom is -0.0221 e. The largest absolute Gasteiger partial charge is 0.100 e. The minimum atomic E-state index is 0.758. The van der Waals surface area contributed by atoms with Gasteiger partial charge >= 0.3 is 0 Å². The van der Waals surface area contributed by atoms with Crippen molar-refractivity contribution in [2.24, 2.45) is 5.92 Å². The quantitative estimate of drug-likeness (QED) is 0.459. The van der Waals surface area contributed by atoms with Crippen molar-refractivity contribution in [3.63, 3.8) is 0 Å². The highest BCUT2D eigenvalue weighted by Gasteiger charge is 2.03. The number of allylic oxidation sites excluding steroid dienone is 5. The second-order valence-electron chi connectivity index (χ2n) is 4.16. The van der Waals surface area contributed by atoms with Gasteiger partial charge in [-0.15, -0.1) is 6.58 Å². The maximum atomic E-state index is 3.56. The van der Waals surface area contributed by atoms with E-state index in [9.17, 15) is 0 Å². The number of hydrogen-bond acceptors (Lipinski definition) is 0. The van der Waals surface area contributed by atoms with Crippen LogP contribution in [0.25, 0.3) is 0 Å². The van der Waals surface area contributed by atoms with Crippen molar-refractivity contribution < 1.29 is 0 Å². The molecule has 0 aliphatic heterocycles. The SMILES string of the molecule is C=C(C)C.CC.CC1=CCC(C)C=C1C. The van der Waals surface area contributed by atoms with Crippen LogP contribution < -0.4 is 0 Å². The Kier molecular flexibility index (Phi) is 10.8. The zero-order chi connectivity index (χ0) is 12.4. The van der Waals surface area contributed by atoms with Crippen LogP contribution in [0, 0.1) is 5.92 Å². The van der Waals surface area contributed by atoms with Crippen LogP contribution in [0.4, 0.5) is 0 Å². The molecule has 0 aromatic carbocycles. The van der Waals surface area contributed by atoms with Gasteiger partial charge < -0.3 is 0 Å². The second-order valence-corrected chi connectivity index (χ2v) is 4.16. The first-order valence-corrected chi connectivity index (χ1v) is 5.91. The molecule has 0 N–H and O–H groups in total. The predicted octanol–water partition coefficient (Wildman–Crippen LogP) is 5.53. The van der Waals surface area contributed by atoms with Crippen LogP contribution in [-0.4, -0.2) is 0 Å². The van der Waals surface area contributed by atoms with E-state index in [0.717, 1.165) is 5.92 Å². The molecule has 0 fully saturated rings. The molecule has 0 heterocycles. The summed E-state index contributed by atoms with van der Waals surface area (Å²) in [7, 11) is 0. The molecule has 1 aliphatic rings. The molecular weight excluding hydrogens is 180 g/mol. The first kappa shape index (κ1) is 16.6. The zero-order valence-corrected chi connectivity index (χ0v) is 11.6. The molecule has 88 valence electrons. The maximum absolute atomic E-state index is 3.56. The summed E-state index contributed by atoms with van der Waals surface area (Å²) in [5, 5.41) is 0. The Morgan fingerprint density at radius 1 is 1.20 bits per heavy atom. The lowest BCUT2D eigenvalue weighted by atomic mass is 9.94. The summed E-state index contributed by atoms with van der Waals surface area (Å²) in [5.41, 5.74) is 4.07. The molecule has 0 spiro atoms. The van der Waals surface area contributed by atoms with Crippen molar-refractivity contribution in [2.75, 3.05) is 0 Å². The third-order valence-corrected chi connectivity index (χ3v) is 1.95. The van der Waals surface area contributed by atoms with E-state index in [-0.39, 0.29) is 0 Å². The molecule has 0 amide bonds. The van der Waals surface area contributed by atoms with Crippen LogP contribution in [-0.2, 0) is 0 Å². The summed E-state index contributed by atoms with van der Waals surface area (Å²) < 4.78 is 0. The van der Waals surface area contributed by atoms with Crippen molar-refractivity contribution in [3.05, 3.63) is 35.5 Å². The average Bonchev–Trinajstić information content (AvgIpc) is 2.14. The topological polar surface area (TPSA) is 0 Å². The van der Waals surface area contributed by atoms with Crippen LogP contribution in [0.2, 0.25) is 0 Å². The van der Waals surface area contributed by atoms with E-state index < -0.39 is 0 Å². The molecule has 1 atom stereocenters. The van der Waals surface area contributed by atoms with E-state index in [1.54, 1.807) is 0 Å². The lowest BCUT2D eigenvalue weighted by Gasteiger charge is -2.12. The molecule has 1 rings (SSSR count). The molecule has 0 radical (unpaired) electrons. The standard InChI is InChI=1S/C9H14.C4H8.C2H6/c1-7-4-5-8(2)9(3)6-7;1-4(2)3;1-2/h5-7H,4H2,1-3H3;1H2,2-3H3;1-2H3. The van der Waals surface area contributed by atoms with Gasteiger partial charge in [0.15, 0.2) is 0 Å². The van der Waals surface area contributed by atoms with Crippen molar-refractivity contribution >= 4 is 0 Å². The number of hydrogen-bond donors (Lipinski definition) is 0. The summed E-state index contributed by atoms with van der Waals surface area (Å²) in [6, 6.07) is 0. The van der Waals surface area contributed by atoms with E-state index in [4.69, 9.17) is 0 Å². The van der Waals surface area contributed by atoms with Crippen LogP contribution in [0.5, 0.6) is 0 Å². The molecule has 0 bridgehead atoms. The smallest absolute Gasteiger partial charge is 0.0221 e. The van der Waals surface area contributed by atoms with Crippen LogP contribution in [0.3, 0.4) is 0 Å². The van der Waals surface area contributed by atoms with E-state index >= 15 is 0 Å². The van der Waals surface area contributed by atoms with E-state index in [1.807, 2.05) is 27.7 Å². The summed E-state index contributed by atoms with van der Waals surface area (Å²) in [4.78, 5) is 0. The Morgan fingerprint density at radius 2 is 1.60 bits per heavy atom. The second kappa shape index (κ2) is 9.76. The monoisotopic (exact) mass is 208 g/mol. The summed E-state index contributed by atoms with van der Waals surface area (Å²) in [6.07, 6.45) is 5.89. The molecule has 0 aromatic heterocycles. The van der Waals surface area contributed by atoms with Gasteiger partial charge in [0.25, 0.3) is 0 Å². The zero-order valence-electron chi connectivity index (χ0n) is 11.6. The van der Waals surface area contributed by atoms with Crippen molar-refractivity contribution in [1.82, 2.24) is 0 Å². The fourth-order valence-electron chi connectivity index (χ4n) is 1.15. The van der Waals surface area contributed by atoms with E-state index in [1.165, 1.54) is 23.1 Å². The Hall–Kier alpha value is -0.780. The normalized spacial score (nSPS) is 18.5. The van der Waals surface area contributed by atoms with Gasteiger partial charge in [-0.3, -0.25) is 0 Å². The van der Waals surface area contributed by atoms with Gasteiger partial charge in [-0.25, -0.2) is 0 Å². The molecule has 1 unspecified atom stereocenters. The Balaban J connectivity index is 0. The fourth-order valence-corrected chi connectivity index (χ4v) is 1.15. The summed E-state index contributed by atoms with van der Waals surface area (Å²) >= 11 is 0. The van der Waals surface area contributed by atoms with Gasteiger partial charge in [-0.1, -0.05) is 49.6 Å². The Labute approximate surface area is 96.8 Å². The molecule has 0 heteroatoms. The lowest BCUT2D eigenvalue weighted by Crippen LogP contribution is -1.96. The molecular formula is C15H28. The first-order valence-electron chi connectivity index (χ1n) is 5.91. The summed E-state index contributed by atoms with van der Waals surface area (Å²) in [6.45, 7) is 18.1. The van der Waals surface area contributed by atoms with E-state index in [2.05, 4.69) is 39.5 Å². The van der Waals surface area contributed by atoms with Gasteiger partial charge in [0, 0.05) is 0 Å². The molecule has 0 aromatic rings. The van der Waals surface area contributed by atoms with Crippen molar-refractivity contribution in [2.45, 2.75) is 54.9 Å². The minimum absolute atomic E-state index is 0.758. The van der Waals surface area contributed by atoms with Gasteiger partial charge in [-0.2, -0.15) is 0 Å². The third-order valence-electron chi connectivity index (χ3n) is 1.95. The van der Waals surface area contributed by atoms with Crippen molar-refractivity contribution in [1.29, 1.82) is 0 Å².